The summed E-state index contributed by atoms with van der Waals surface area (Å²) >= 11 is 0. The molecule has 1 aliphatic rings. The molecule has 2 atom stereocenters. The lowest BCUT2D eigenvalue weighted by Crippen LogP contribution is -2.05. The van der Waals surface area contributed by atoms with Crippen LogP contribution in [0.1, 0.15) is 13.3 Å². The zero-order chi connectivity index (χ0) is 11.8. The first-order valence-electron chi connectivity index (χ1n) is 5.86. The second-order valence-corrected chi connectivity index (χ2v) is 4.78. The number of hydrogen-bond donors (Lipinski definition) is 1. The predicted molar refractivity (Wildman–Crippen MR) is 64.9 cm³/mol. The van der Waals surface area contributed by atoms with Gasteiger partial charge in [0, 0.05) is 17.8 Å². The summed E-state index contributed by atoms with van der Waals surface area (Å²) in [5, 5.41) is 11.9. The Morgan fingerprint density at radius 2 is 2.29 bits per heavy atom. The molecule has 0 bridgehead atoms. The number of anilines is 1. The molecule has 0 saturated heterocycles. The van der Waals surface area contributed by atoms with Crippen LogP contribution in [0.5, 0.6) is 0 Å². The van der Waals surface area contributed by atoms with Gasteiger partial charge in [-0.25, -0.2) is 4.68 Å². The van der Waals surface area contributed by atoms with Gasteiger partial charge in [0.15, 0.2) is 5.82 Å². The first-order chi connectivity index (χ1) is 8.24. The van der Waals surface area contributed by atoms with E-state index in [0.717, 1.165) is 35.5 Å². The van der Waals surface area contributed by atoms with Crippen LogP contribution in [0.2, 0.25) is 0 Å². The second-order valence-electron chi connectivity index (χ2n) is 4.78. The fourth-order valence-electron chi connectivity index (χ4n) is 2.09. The molecule has 0 amide bonds. The summed E-state index contributed by atoms with van der Waals surface area (Å²) in [4.78, 5) is 0. The number of nitrogens with two attached hydrogens (primary N) is 1. The van der Waals surface area contributed by atoms with Crippen LogP contribution in [-0.4, -0.2) is 20.2 Å². The summed E-state index contributed by atoms with van der Waals surface area (Å²) in [5.41, 5.74) is 7.48. The maximum absolute atomic E-state index is 5.77. The van der Waals surface area contributed by atoms with Crippen molar-refractivity contribution in [1.82, 2.24) is 20.2 Å². The summed E-state index contributed by atoms with van der Waals surface area (Å²) < 4.78 is 1.88. The van der Waals surface area contributed by atoms with Gasteiger partial charge in [-0.05, 0) is 40.8 Å². The number of aromatic nitrogens is 4. The van der Waals surface area contributed by atoms with E-state index in [-0.39, 0.29) is 0 Å². The SMILES string of the molecule is CC1CC1Cn1nnnc1-c1cccc(N)c1. The van der Waals surface area contributed by atoms with Crippen molar-refractivity contribution in [2.24, 2.45) is 11.8 Å². The van der Waals surface area contributed by atoms with Crippen molar-refractivity contribution < 1.29 is 0 Å². The maximum Gasteiger partial charge on any atom is 0.182 e. The molecule has 5 nitrogen and oxygen atoms in total. The molecule has 1 fully saturated rings. The van der Waals surface area contributed by atoms with Gasteiger partial charge in [0.05, 0.1) is 0 Å². The van der Waals surface area contributed by atoms with Crippen molar-refractivity contribution in [3.05, 3.63) is 24.3 Å². The lowest BCUT2D eigenvalue weighted by atomic mass is 10.2. The van der Waals surface area contributed by atoms with E-state index in [1.54, 1.807) is 0 Å². The largest absolute Gasteiger partial charge is 0.399 e. The zero-order valence-electron chi connectivity index (χ0n) is 9.74. The smallest absolute Gasteiger partial charge is 0.182 e. The molecule has 17 heavy (non-hydrogen) atoms. The van der Waals surface area contributed by atoms with Gasteiger partial charge in [-0.2, -0.15) is 0 Å². The lowest BCUT2D eigenvalue weighted by molar-refractivity contribution is 0.528. The number of benzene rings is 1. The van der Waals surface area contributed by atoms with E-state index in [1.807, 2.05) is 28.9 Å². The van der Waals surface area contributed by atoms with Crippen LogP contribution >= 0.6 is 0 Å². The monoisotopic (exact) mass is 229 g/mol. The van der Waals surface area contributed by atoms with Gasteiger partial charge in [-0.3, -0.25) is 0 Å². The van der Waals surface area contributed by atoms with Gasteiger partial charge in [-0.15, -0.1) is 5.10 Å². The molecule has 2 aromatic rings. The van der Waals surface area contributed by atoms with Crippen molar-refractivity contribution >= 4 is 5.69 Å². The number of hydrogen-bond acceptors (Lipinski definition) is 4. The first kappa shape index (κ1) is 10.3. The van der Waals surface area contributed by atoms with Crippen LogP contribution in [0.15, 0.2) is 24.3 Å². The van der Waals surface area contributed by atoms with Crippen molar-refractivity contribution in [2.75, 3.05) is 5.73 Å². The van der Waals surface area contributed by atoms with Gasteiger partial charge < -0.3 is 5.73 Å². The van der Waals surface area contributed by atoms with Crippen LogP contribution in [0.4, 0.5) is 5.69 Å². The third-order valence-corrected chi connectivity index (χ3v) is 3.36. The Balaban J connectivity index is 1.90. The quantitative estimate of drug-likeness (QED) is 0.811. The number of nitrogens with zero attached hydrogens (tertiary/aromatic N) is 4. The topological polar surface area (TPSA) is 69.6 Å². The zero-order valence-corrected chi connectivity index (χ0v) is 9.74. The van der Waals surface area contributed by atoms with Crippen molar-refractivity contribution in [1.29, 1.82) is 0 Å². The van der Waals surface area contributed by atoms with E-state index in [2.05, 4.69) is 22.4 Å². The summed E-state index contributed by atoms with van der Waals surface area (Å²) in [6.45, 7) is 3.16. The van der Waals surface area contributed by atoms with E-state index in [0.29, 0.717) is 0 Å². The van der Waals surface area contributed by atoms with Gasteiger partial charge in [0.1, 0.15) is 0 Å². The van der Waals surface area contributed by atoms with Crippen LogP contribution in [0.25, 0.3) is 11.4 Å². The fourth-order valence-corrected chi connectivity index (χ4v) is 2.09. The molecule has 88 valence electrons. The molecule has 0 spiro atoms. The summed E-state index contributed by atoms with van der Waals surface area (Å²) in [6, 6.07) is 7.66. The molecule has 0 aliphatic heterocycles. The van der Waals surface area contributed by atoms with E-state index in [9.17, 15) is 0 Å². The van der Waals surface area contributed by atoms with E-state index < -0.39 is 0 Å². The molecule has 2 N–H and O–H groups in total. The normalized spacial score (nSPS) is 22.6. The van der Waals surface area contributed by atoms with Gasteiger partial charge in [0.25, 0.3) is 0 Å². The second kappa shape index (κ2) is 3.84. The molecule has 2 unspecified atom stereocenters. The summed E-state index contributed by atoms with van der Waals surface area (Å²) in [7, 11) is 0. The average molecular weight is 229 g/mol. The highest BCUT2D eigenvalue weighted by Crippen LogP contribution is 2.39. The first-order valence-corrected chi connectivity index (χ1v) is 5.86. The van der Waals surface area contributed by atoms with Crippen LogP contribution < -0.4 is 5.73 Å². The van der Waals surface area contributed by atoms with E-state index in [4.69, 9.17) is 5.73 Å². The number of tetrazole rings is 1. The Hall–Kier alpha value is -1.91. The third-order valence-electron chi connectivity index (χ3n) is 3.36. The molecule has 5 heteroatoms. The van der Waals surface area contributed by atoms with Crippen molar-refractivity contribution in [3.8, 4) is 11.4 Å². The van der Waals surface area contributed by atoms with E-state index in [1.165, 1.54) is 6.42 Å². The van der Waals surface area contributed by atoms with Crippen LogP contribution in [0, 0.1) is 11.8 Å². The highest BCUT2D eigenvalue weighted by Gasteiger charge is 2.33. The fraction of sp³-hybridized carbons (Fsp3) is 0.417. The summed E-state index contributed by atoms with van der Waals surface area (Å²) in [5.74, 6) is 2.32. The molecular formula is C12H15N5. The minimum Gasteiger partial charge on any atom is -0.399 e. The number of nitrogen functional groups attached to an aromatic ring is 1. The van der Waals surface area contributed by atoms with Gasteiger partial charge in [0.2, 0.25) is 0 Å². The molecule has 1 saturated carbocycles. The Bertz CT molecular complexity index is 533. The highest BCUT2D eigenvalue weighted by atomic mass is 15.5. The molecule has 1 heterocycles. The Morgan fingerprint density at radius 3 is 3.00 bits per heavy atom. The minimum atomic E-state index is 0.721. The van der Waals surface area contributed by atoms with Gasteiger partial charge >= 0.3 is 0 Å². The molecule has 0 radical (unpaired) electrons. The molecule has 1 aromatic carbocycles. The van der Waals surface area contributed by atoms with Crippen molar-refractivity contribution in [2.45, 2.75) is 19.9 Å². The van der Waals surface area contributed by atoms with E-state index >= 15 is 0 Å². The van der Waals surface area contributed by atoms with Crippen molar-refractivity contribution in [3.63, 3.8) is 0 Å². The average Bonchev–Trinajstić information content (AvgIpc) is 2.82. The van der Waals surface area contributed by atoms with Crippen LogP contribution in [-0.2, 0) is 6.54 Å². The Morgan fingerprint density at radius 1 is 1.47 bits per heavy atom. The molecule has 1 aliphatic carbocycles. The Labute approximate surface area is 99.6 Å². The van der Waals surface area contributed by atoms with Crippen LogP contribution in [0.3, 0.4) is 0 Å². The molecule has 1 aromatic heterocycles. The number of rotatable bonds is 3. The van der Waals surface area contributed by atoms with Gasteiger partial charge in [-0.1, -0.05) is 19.1 Å². The Kier molecular flexibility index (Phi) is 2.31. The lowest BCUT2D eigenvalue weighted by Gasteiger charge is -2.04. The standard InChI is InChI=1S/C12H15N5/c1-8-5-10(8)7-17-12(14-15-16-17)9-3-2-4-11(13)6-9/h2-4,6,8,10H,5,7,13H2,1H3. The summed E-state index contributed by atoms with van der Waals surface area (Å²) in [6.07, 6.45) is 1.27. The highest BCUT2D eigenvalue weighted by molar-refractivity contribution is 5.60. The maximum atomic E-state index is 5.77. The molecular weight excluding hydrogens is 214 g/mol. The third kappa shape index (κ3) is 2.00. The minimum absolute atomic E-state index is 0.721. The molecule has 3 rings (SSSR count). The predicted octanol–water partition coefficient (Wildman–Crippen LogP) is 1.58.